The third-order valence-electron chi connectivity index (χ3n) is 4.94. The lowest BCUT2D eigenvalue weighted by Crippen LogP contribution is -2.40. The van der Waals surface area contributed by atoms with Gasteiger partial charge in [-0.3, -0.25) is 4.79 Å². The second-order valence-corrected chi connectivity index (χ2v) is 7.08. The number of nitrogens with one attached hydrogen (secondary N) is 1. The molecule has 2 heterocycles. The van der Waals surface area contributed by atoms with Crippen LogP contribution in [0.1, 0.15) is 64.7 Å². The molecule has 0 spiro atoms. The van der Waals surface area contributed by atoms with Gasteiger partial charge in [0.25, 0.3) is 0 Å². The summed E-state index contributed by atoms with van der Waals surface area (Å²) in [7, 11) is 1.98. The van der Waals surface area contributed by atoms with Crippen molar-refractivity contribution in [2.45, 2.75) is 65.0 Å². The standard InChI is InChI=1S/C18H32N4O/c1-5-6-16(18-19-9-12-21(18)4)20-17(23)13-15-7-10-22(11-8-15)14(2)3/h9,12,14-16H,5-8,10-11,13H2,1-4H3,(H,20,23)/t16-/m0/s1. The van der Waals surface area contributed by atoms with Crippen LogP contribution in [0.3, 0.4) is 0 Å². The van der Waals surface area contributed by atoms with Crippen molar-refractivity contribution in [1.82, 2.24) is 19.8 Å². The molecule has 1 aliphatic heterocycles. The first kappa shape index (κ1) is 18.0. The molecule has 1 aliphatic rings. The van der Waals surface area contributed by atoms with Crippen LogP contribution in [0.2, 0.25) is 0 Å². The van der Waals surface area contributed by atoms with Crippen LogP contribution in [-0.4, -0.2) is 39.5 Å². The van der Waals surface area contributed by atoms with Crippen molar-refractivity contribution in [3.05, 3.63) is 18.2 Å². The Morgan fingerprint density at radius 2 is 2.09 bits per heavy atom. The van der Waals surface area contributed by atoms with Crippen molar-refractivity contribution in [1.29, 1.82) is 0 Å². The minimum absolute atomic E-state index is 0.0308. The predicted octanol–water partition coefficient (Wildman–Crippen LogP) is 2.89. The lowest BCUT2D eigenvalue weighted by atomic mass is 9.92. The van der Waals surface area contributed by atoms with Crippen LogP contribution in [-0.2, 0) is 11.8 Å². The first-order chi connectivity index (χ1) is 11.0. The average Bonchev–Trinajstić information content (AvgIpc) is 2.93. The van der Waals surface area contributed by atoms with Gasteiger partial charge in [0.15, 0.2) is 0 Å². The molecule has 1 aromatic heterocycles. The number of nitrogens with zero attached hydrogens (tertiary/aromatic N) is 3. The third-order valence-corrected chi connectivity index (χ3v) is 4.94. The Balaban J connectivity index is 1.84. The summed E-state index contributed by atoms with van der Waals surface area (Å²) in [4.78, 5) is 19.4. The lowest BCUT2D eigenvalue weighted by Gasteiger charge is -2.34. The monoisotopic (exact) mass is 320 g/mol. The van der Waals surface area contributed by atoms with Gasteiger partial charge in [-0.2, -0.15) is 0 Å². The molecule has 1 saturated heterocycles. The molecule has 130 valence electrons. The summed E-state index contributed by atoms with van der Waals surface area (Å²) >= 11 is 0. The fourth-order valence-electron chi connectivity index (χ4n) is 3.46. The number of piperidine rings is 1. The molecule has 0 saturated carbocycles. The third kappa shape index (κ3) is 5.06. The van der Waals surface area contributed by atoms with Gasteiger partial charge in [-0.05, 0) is 52.1 Å². The number of hydrogen-bond donors (Lipinski definition) is 1. The van der Waals surface area contributed by atoms with Crippen molar-refractivity contribution >= 4 is 5.91 Å². The number of amides is 1. The average molecular weight is 320 g/mol. The number of carbonyl (C=O) groups is 1. The van der Waals surface area contributed by atoms with E-state index in [1.165, 1.54) is 0 Å². The zero-order chi connectivity index (χ0) is 16.8. The molecule has 1 atom stereocenters. The first-order valence-electron chi connectivity index (χ1n) is 9.01. The second-order valence-electron chi connectivity index (χ2n) is 7.08. The van der Waals surface area contributed by atoms with Crippen LogP contribution in [0.4, 0.5) is 0 Å². The Bertz CT molecular complexity index is 489. The molecule has 0 aromatic carbocycles. The summed E-state index contributed by atoms with van der Waals surface area (Å²) in [5, 5.41) is 3.21. The Hall–Kier alpha value is -1.36. The van der Waals surface area contributed by atoms with Gasteiger partial charge >= 0.3 is 0 Å². The van der Waals surface area contributed by atoms with Crippen LogP contribution in [0.5, 0.6) is 0 Å². The first-order valence-corrected chi connectivity index (χ1v) is 9.01. The number of imidazole rings is 1. The number of hydrogen-bond acceptors (Lipinski definition) is 3. The Morgan fingerprint density at radius 3 is 2.61 bits per heavy atom. The van der Waals surface area contributed by atoms with E-state index in [1.807, 2.05) is 17.8 Å². The highest BCUT2D eigenvalue weighted by atomic mass is 16.1. The molecular weight excluding hydrogens is 288 g/mol. The Kier molecular flexibility index (Phi) is 6.63. The number of likely N-dealkylation sites (tertiary alicyclic amines) is 1. The number of carbonyl (C=O) groups excluding carboxylic acids is 1. The minimum Gasteiger partial charge on any atom is -0.346 e. The lowest BCUT2D eigenvalue weighted by molar-refractivity contribution is -0.123. The highest BCUT2D eigenvalue weighted by Gasteiger charge is 2.24. The Labute approximate surface area is 140 Å². The SMILES string of the molecule is CCC[C@H](NC(=O)CC1CCN(C(C)C)CC1)c1nccn1C. The molecule has 0 radical (unpaired) electrons. The highest BCUT2D eigenvalue weighted by Crippen LogP contribution is 2.23. The molecule has 2 rings (SSSR count). The van der Waals surface area contributed by atoms with E-state index in [1.54, 1.807) is 6.20 Å². The summed E-state index contributed by atoms with van der Waals surface area (Å²) in [5.41, 5.74) is 0. The van der Waals surface area contributed by atoms with Crippen molar-refractivity contribution in [3.8, 4) is 0 Å². The van der Waals surface area contributed by atoms with Gasteiger partial charge in [0, 0.05) is 31.9 Å². The van der Waals surface area contributed by atoms with Gasteiger partial charge in [0.05, 0.1) is 6.04 Å². The maximum atomic E-state index is 12.5. The summed E-state index contributed by atoms with van der Waals surface area (Å²) < 4.78 is 2.00. The van der Waals surface area contributed by atoms with Crippen LogP contribution in [0, 0.1) is 5.92 Å². The molecule has 1 amide bonds. The maximum absolute atomic E-state index is 12.5. The smallest absolute Gasteiger partial charge is 0.220 e. The largest absolute Gasteiger partial charge is 0.346 e. The molecule has 5 heteroatoms. The van der Waals surface area contributed by atoms with E-state index in [0.717, 1.165) is 44.6 Å². The Morgan fingerprint density at radius 1 is 1.39 bits per heavy atom. The molecule has 1 fully saturated rings. The quantitative estimate of drug-likeness (QED) is 0.840. The van der Waals surface area contributed by atoms with E-state index in [9.17, 15) is 4.79 Å². The maximum Gasteiger partial charge on any atom is 0.220 e. The topological polar surface area (TPSA) is 50.2 Å². The summed E-state index contributed by atoms with van der Waals surface area (Å²) in [5.74, 6) is 1.65. The van der Waals surface area contributed by atoms with Crippen LogP contribution in [0.25, 0.3) is 0 Å². The molecule has 5 nitrogen and oxygen atoms in total. The number of rotatable bonds is 7. The van der Waals surface area contributed by atoms with E-state index < -0.39 is 0 Å². The predicted molar refractivity (Wildman–Crippen MR) is 93.0 cm³/mol. The summed E-state index contributed by atoms with van der Waals surface area (Å²) in [6, 6.07) is 0.644. The number of aryl methyl sites for hydroxylation is 1. The highest BCUT2D eigenvalue weighted by molar-refractivity contribution is 5.76. The van der Waals surface area contributed by atoms with Gasteiger partial charge < -0.3 is 14.8 Å². The van der Waals surface area contributed by atoms with E-state index in [2.05, 4.69) is 36.0 Å². The molecule has 1 N–H and O–H groups in total. The van der Waals surface area contributed by atoms with Gasteiger partial charge in [-0.1, -0.05) is 13.3 Å². The normalized spacial score (nSPS) is 18.3. The van der Waals surface area contributed by atoms with Crippen LogP contribution < -0.4 is 5.32 Å². The van der Waals surface area contributed by atoms with E-state index in [0.29, 0.717) is 18.4 Å². The molecule has 0 aliphatic carbocycles. The van der Waals surface area contributed by atoms with Crippen LogP contribution in [0.15, 0.2) is 12.4 Å². The number of aromatic nitrogens is 2. The fourth-order valence-corrected chi connectivity index (χ4v) is 3.46. The summed E-state index contributed by atoms with van der Waals surface area (Å²) in [6.07, 6.45) is 8.61. The molecule has 0 unspecified atom stereocenters. The van der Waals surface area contributed by atoms with Gasteiger partial charge in [-0.15, -0.1) is 0 Å². The van der Waals surface area contributed by atoms with Crippen molar-refractivity contribution in [2.24, 2.45) is 13.0 Å². The zero-order valence-corrected chi connectivity index (χ0v) is 15.1. The summed E-state index contributed by atoms with van der Waals surface area (Å²) in [6.45, 7) is 8.87. The van der Waals surface area contributed by atoms with Gasteiger partial charge in [0.1, 0.15) is 5.82 Å². The van der Waals surface area contributed by atoms with E-state index in [-0.39, 0.29) is 11.9 Å². The molecular formula is C18H32N4O. The second kappa shape index (κ2) is 8.48. The molecule has 1 aromatic rings. The fraction of sp³-hybridized carbons (Fsp3) is 0.778. The van der Waals surface area contributed by atoms with E-state index >= 15 is 0 Å². The van der Waals surface area contributed by atoms with Crippen molar-refractivity contribution in [2.75, 3.05) is 13.1 Å². The minimum atomic E-state index is 0.0308. The van der Waals surface area contributed by atoms with Crippen molar-refractivity contribution in [3.63, 3.8) is 0 Å². The molecule has 0 bridgehead atoms. The van der Waals surface area contributed by atoms with Gasteiger partial charge in [0.2, 0.25) is 5.91 Å². The van der Waals surface area contributed by atoms with Gasteiger partial charge in [-0.25, -0.2) is 4.98 Å². The van der Waals surface area contributed by atoms with Crippen LogP contribution >= 0.6 is 0 Å². The zero-order valence-electron chi connectivity index (χ0n) is 15.1. The van der Waals surface area contributed by atoms with E-state index in [4.69, 9.17) is 0 Å². The molecule has 23 heavy (non-hydrogen) atoms. The van der Waals surface area contributed by atoms with Crippen molar-refractivity contribution < 1.29 is 4.79 Å².